The molecule has 1 aromatic rings. The molecule has 0 unspecified atom stereocenters. The lowest BCUT2D eigenvalue weighted by atomic mass is 10.1. The Kier molecular flexibility index (Phi) is 5.20. The number of hydrogen-bond acceptors (Lipinski definition) is 5. The maximum atomic E-state index is 12.7. The average molecular weight is 432 g/mol. The van der Waals surface area contributed by atoms with Crippen LogP contribution in [-0.2, 0) is 14.3 Å². The Labute approximate surface area is 169 Å². The van der Waals surface area contributed by atoms with Gasteiger partial charge in [-0.2, -0.15) is 0 Å². The minimum absolute atomic E-state index is 0.248. The zero-order chi connectivity index (χ0) is 19.9. The number of hydrogen-bond donors (Lipinski definition) is 1. The van der Waals surface area contributed by atoms with Crippen LogP contribution in [0.5, 0.6) is 0 Å². The normalized spacial score (nSPS) is 24.1. The molecule has 0 aromatic heterocycles. The third-order valence-electron chi connectivity index (χ3n) is 4.20. The number of alkyl halides is 3. The number of imide groups is 1. The number of amides is 3. The van der Waals surface area contributed by atoms with Gasteiger partial charge in [0.05, 0.1) is 23.2 Å². The molecule has 7 nitrogen and oxygen atoms in total. The number of carbonyl (C=O) groups excluding carboxylic acids is 4. The molecule has 1 heterocycles. The van der Waals surface area contributed by atoms with Crippen LogP contribution in [0, 0.1) is 0 Å². The van der Waals surface area contributed by atoms with Gasteiger partial charge in [-0.1, -0.05) is 53.0 Å². The standard InChI is InChI=1S/C17H13Cl3N2O5/c1-8(23)27-12-7-6-11(13(12)21-16(26)17(18,19)20)22-14(24)9-4-2-3-5-10(9)15(22)25/h2-7,11-13H,1H3,(H,21,26)/t11-,12-,13+/m1/s1. The zero-order valence-electron chi connectivity index (χ0n) is 13.8. The minimum atomic E-state index is -2.27. The first-order valence-corrected chi connectivity index (χ1v) is 8.95. The van der Waals surface area contributed by atoms with E-state index in [1.54, 1.807) is 12.1 Å². The van der Waals surface area contributed by atoms with E-state index in [2.05, 4.69) is 5.32 Å². The molecule has 0 saturated carbocycles. The van der Waals surface area contributed by atoms with Crippen LogP contribution in [0.1, 0.15) is 27.6 Å². The third-order valence-corrected chi connectivity index (χ3v) is 4.72. The van der Waals surface area contributed by atoms with Gasteiger partial charge in [0, 0.05) is 6.92 Å². The largest absolute Gasteiger partial charge is 0.456 e. The Hall–Kier alpha value is -2.09. The van der Waals surface area contributed by atoms with E-state index in [9.17, 15) is 19.2 Å². The van der Waals surface area contributed by atoms with Crippen LogP contribution in [0.4, 0.5) is 0 Å². The highest BCUT2D eigenvalue weighted by Gasteiger charge is 2.48. The predicted molar refractivity (Wildman–Crippen MR) is 97.6 cm³/mol. The van der Waals surface area contributed by atoms with E-state index in [1.165, 1.54) is 31.2 Å². The van der Waals surface area contributed by atoms with Crippen LogP contribution in [0.3, 0.4) is 0 Å². The van der Waals surface area contributed by atoms with Crippen molar-refractivity contribution in [2.75, 3.05) is 0 Å². The summed E-state index contributed by atoms with van der Waals surface area (Å²) in [7, 11) is 0. The fourth-order valence-electron chi connectivity index (χ4n) is 3.09. The van der Waals surface area contributed by atoms with Crippen molar-refractivity contribution in [1.29, 1.82) is 0 Å². The lowest BCUT2D eigenvalue weighted by Crippen LogP contribution is -2.57. The number of benzene rings is 1. The van der Waals surface area contributed by atoms with Gasteiger partial charge in [-0.05, 0) is 18.2 Å². The van der Waals surface area contributed by atoms with Crippen molar-refractivity contribution >= 4 is 58.5 Å². The number of carbonyl (C=O) groups is 4. The van der Waals surface area contributed by atoms with Gasteiger partial charge in [0.2, 0.25) is 0 Å². The third kappa shape index (κ3) is 3.67. The van der Waals surface area contributed by atoms with Gasteiger partial charge < -0.3 is 10.1 Å². The van der Waals surface area contributed by atoms with Gasteiger partial charge in [-0.25, -0.2) is 0 Å². The first-order valence-electron chi connectivity index (χ1n) is 7.81. The monoisotopic (exact) mass is 430 g/mol. The van der Waals surface area contributed by atoms with Crippen LogP contribution in [-0.4, -0.2) is 50.6 Å². The highest BCUT2D eigenvalue weighted by atomic mass is 35.6. The molecule has 10 heteroatoms. The van der Waals surface area contributed by atoms with Gasteiger partial charge >= 0.3 is 5.97 Å². The number of ether oxygens (including phenoxy) is 1. The molecule has 0 radical (unpaired) electrons. The van der Waals surface area contributed by atoms with Gasteiger partial charge in [0.25, 0.3) is 21.5 Å². The molecular formula is C17H13Cl3N2O5. The van der Waals surface area contributed by atoms with Crippen LogP contribution in [0.2, 0.25) is 0 Å². The van der Waals surface area contributed by atoms with E-state index in [0.717, 1.165) is 4.90 Å². The molecule has 1 aliphatic heterocycles. The number of halogens is 3. The molecule has 0 spiro atoms. The molecule has 2 aliphatic rings. The number of fused-ring (bicyclic) bond motifs is 1. The number of rotatable bonds is 3. The van der Waals surface area contributed by atoms with Crippen LogP contribution >= 0.6 is 34.8 Å². The molecule has 3 atom stereocenters. The molecule has 1 aromatic carbocycles. The average Bonchev–Trinajstić information content (AvgIpc) is 3.06. The second-order valence-corrected chi connectivity index (χ2v) is 8.25. The quantitative estimate of drug-likeness (QED) is 0.342. The van der Waals surface area contributed by atoms with Crippen LogP contribution < -0.4 is 5.32 Å². The lowest BCUT2D eigenvalue weighted by Gasteiger charge is -2.31. The predicted octanol–water partition coefficient (Wildman–Crippen LogP) is 2.01. The minimum Gasteiger partial charge on any atom is -0.456 e. The Bertz CT molecular complexity index is 829. The van der Waals surface area contributed by atoms with E-state index >= 15 is 0 Å². The molecule has 3 rings (SSSR count). The molecule has 1 aliphatic carbocycles. The summed E-state index contributed by atoms with van der Waals surface area (Å²) in [5.41, 5.74) is 0.497. The van der Waals surface area contributed by atoms with Crippen LogP contribution in [0.25, 0.3) is 0 Å². The summed E-state index contributed by atoms with van der Waals surface area (Å²) in [6.07, 6.45) is 2.03. The lowest BCUT2D eigenvalue weighted by molar-refractivity contribution is -0.146. The second kappa shape index (κ2) is 7.14. The van der Waals surface area contributed by atoms with E-state index in [-0.39, 0.29) is 11.1 Å². The summed E-state index contributed by atoms with van der Waals surface area (Å²) in [5, 5.41) is 2.45. The fraction of sp³-hybridized carbons (Fsp3) is 0.294. The summed E-state index contributed by atoms with van der Waals surface area (Å²) >= 11 is 16.8. The highest BCUT2D eigenvalue weighted by Crippen LogP contribution is 2.32. The summed E-state index contributed by atoms with van der Waals surface area (Å²) in [6, 6.07) is 4.43. The summed E-state index contributed by atoms with van der Waals surface area (Å²) < 4.78 is 2.89. The number of nitrogens with one attached hydrogen (secondary N) is 1. The Morgan fingerprint density at radius 3 is 2.11 bits per heavy atom. The highest BCUT2D eigenvalue weighted by molar-refractivity contribution is 6.76. The molecule has 1 N–H and O–H groups in total. The van der Waals surface area contributed by atoms with Gasteiger partial charge in [0.15, 0.2) is 0 Å². The SMILES string of the molecule is CC(=O)O[C@@H]1C=C[C@@H](N2C(=O)c3ccccc3C2=O)[C@@H]1NC(=O)C(Cl)(Cl)Cl. The Balaban J connectivity index is 1.92. The summed E-state index contributed by atoms with van der Waals surface area (Å²) in [4.78, 5) is 49.9. The van der Waals surface area contributed by atoms with Gasteiger partial charge in [-0.3, -0.25) is 24.1 Å². The zero-order valence-corrected chi connectivity index (χ0v) is 16.1. The van der Waals surface area contributed by atoms with Gasteiger partial charge in [-0.15, -0.1) is 0 Å². The molecular weight excluding hydrogens is 419 g/mol. The molecule has 0 bridgehead atoms. The Morgan fingerprint density at radius 2 is 1.63 bits per heavy atom. The summed E-state index contributed by atoms with van der Waals surface area (Å²) in [6.45, 7) is 1.19. The first kappa shape index (κ1) is 19.7. The topological polar surface area (TPSA) is 92.8 Å². The van der Waals surface area contributed by atoms with Crippen molar-refractivity contribution in [2.45, 2.75) is 28.9 Å². The molecule has 3 amide bonds. The summed E-state index contributed by atoms with van der Waals surface area (Å²) in [5.74, 6) is -2.63. The molecule has 0 fully saturated rings. The maximum absolute atomic E-state index is 12.7. The van der Waals surface area contributed by atoms with E-state index in [0.29, 0.717) is 0 Å². The maximum Gasteiger partial charge on any atom is 0.303 e. The van der Waals surface area contributed by atoms with Crippen molar-refractivity contribution in [3.63, 3.8) is 0 Å². The number of nitrogens with zero attached hydrogens (tertiary/aromatic N) is 1. The van der Waals surface area contributed by atoms with E-state index in [1.807, 2.05) is 0 Å². The first-order chi connectivity index (χ1) is 12.6. The van der Waals surface area contributed by atoms with Crippen molar-refractivity contribution in [3.05, 3.63) is 47.5 Å². The van der Waals surface area contributed by atoms with Crippen molar-refractivity contribution in [1.82, 2.24) is 10.2 Å². The van der Waals surface area contributed by atoms with Crippen molar-refractivity contribution < 1.29 is 23.9 Å². The fourth-order valence-corrected chi connectivity index (χ4v) is 3.25. The molecule has 27 heavy (non-hydrogen) atoms. The Morgan fingerprint density at radius 1 is 1.07 bits per heavy atom. The number of esters is 1. The van der Waals surface area contributed by atoms with Crippen molar-refractivity contribution in [3.8, 4) is 0 Å². The van der Waals surface area contributed by atoms with E-state index < -0.39 is 45.7 Å². The van der Waals surface area contributed by atoms with Gasteiger partial charge in [0.1, 0.15) is 6.10 Å². The second-order valence-electron chi connectivity index (χ2n) is 5.97. The van der Waals surface area contributed by atoms with Crippen molar-refractivity contribution in [2.24, 2.45) is 0 Å². The van der Waals surface area contributed by atoms with E-state index in [4.69, 9.17) is 39.5 Å². The molecule has 142 valence electrons. The smallest absolute Gasteiger partial charge is 0.303 e. The van der Waals surface area contributed by atoms with Crippen LogP contribution in [0.15, 0.2) is 36.4 Å². The molecule has 0 saturated heterocycles.